The SMILES string of the molecule is CCc1scc(C)c1-c1cc2cc3ccc(cc4nc(cc5nc(cc1[nH]2)C=C5)C=C4)[nH]3. The fourth-order valence-corrected chi connectivity index (χ4v) is 5.34. The molecule has 2 aliphatic rings. The van der Waals surface area contributed by atoms with Crippen LogP contribution < -0.4 is 0 Å². The molecule has 5 heteroatoms. The van der Waals surface area contributed by atoms with Crippen LogP contribution in [-0.2, 0) is 6.42 Å². The molecule has 32 heavy (non-hydrogen) atoms. The molecule has 0 fully saturated rings. The van der Waals surface area contributed by atoms with E-state index in [1.807, 2.05) is 35.6 Å². The Bertz CT molecular complexity index is 1580. The smallest absolute Gasteiger partial charge is 0.0659 e. The standard InChI is InChI=1S/C27H22N4S/c1-3-26-27(16(2)15-32-26)24-13-23-12-21-7-6-19(29-21)10-17-4-5-18(28-17)11-20-8-9-22(30-20)14-25(24)31-23/h4-15,29,31H,3H2,1-2H3. The number of nitrogens with zero attached hydrogens (tertiary/aromatic N) is 2. The quantitative estimate of drug-likeness (QED) is 0.301. The van der Waals surface area contributed by atoms with Crippen LogP contribution in [0.2, 0.25) is 0 Å². The summed E-state index contributed by atoms with van der Waals surface area (Å²) in [4.78, 5) is 18.0. The van der Waals surface area contributed by atoms with Crippen LogP contribution in [0.1, 0.15) is 40.1 Å². The summed E-state index contributed by atoms with van der Waals surface area (Å²) >= 11 is 1.84. The Labute approximate surface area is 190 Å². The van der Waals surface area contributed by atoms with Gasteiger partial charge in [-0.15, -0.1) is 11.3 Å². The summed E-state index contributed by atoms with van der Waals surface area (Å²) in [5.41, 5.74) is 11.8. The van der Waals surface area contributed by atoms with Gasteiger partial charge in [0.2, 0.25) is 0 Å². The van der Waals surface area contributed by atoms with Crippen LogP contribution in [0.3, 0.4) is 0 Å². The Hall–Kier alpha value is -3.70. The van der Waals surface area contributed by atoms with E-state index in [0.29, 0.717) is 0 Å². The minimum atomic E-state index is 0.913. The minimum Gasteiger partial charge on any atom is -0.355 e. The van der Waals surface area contributed by atoms with Crippen molar-refractivity contribution < 1.29 is 0 Å². The van der Waals surface area contributed by atoms with Crippen LogP contribution in [0.5, 0.6) is 0 Å². The molecule has 0 amide bonds. The highest BCUT2D eigenvalue weighted by Gasteiger charge is 2.14. The van der Waals surface area contributed by atoms with Gasteiger partial charge in [0.05, 0.1) is 22.8 Å². The Morgan fingerprint density at radius 3 is 2.12 bits per heavy atom. The number of aryl methyl sites for hydroxylation is 2. The second-order valence-electron chi connectivity index (χ2n) is 8.16. The molecule has 4 nitrogen and oxygen atoms in total. The van der Waals surface area contributed by atoms with Crippen molar-refractivity contribution >= 4 is 57.7 Å². The second-order valence-corrected chi connectivity index (χ2v) is 9.12. The molecule has 4 aromatic rings. The molecular weight excluding hydrogens is 412 g/mol. The number of aromatic amines is 2. The third-order valence-corrected chi connectivity index (χ3v) is 7.06. The first kappa shape index (κ1) is 19.0. The zero-order valence-corrected chi connectivity index (χ0v) is 18.8. The van der Waals surface area contributed by atoms with Crippen molar-refractivity contribution in [3.63, 3.8) is 0 Å². The summed E-state index contributed by atoms with van der Waals surface area (Å²) in [5, 5.41) is 2.26. The van der Waals surface area contributed by atoms with Gasteiger partial charge in [-0.1, -0.05) is 6.92 Å². The number of H-pyrrole nitrogens is 2. The van der Waals surface area contributed by atoms with Crippen molar-refractivity contribution in [2.75, 3.05) is 0 Å². The molecule has 156 valence electrons. The van der Waals surface area contributed by atoms with Crippen molar-refractivity contribution in [3.8, 4) is 11.1 Å². The lowest BCUT2D eigenvalue weighted by molar-refractivity contribution is 1.18. The first-order valence-electron chi connectivity index (χ1n) is 10.8. The van der Waals surface area contributed by atoms with Crippen LogP contribution in [-0.4, -0.2) is 19.9 Å². The van der Waals surface area contributed by atoms with E-state index < -0.39 is 0 Å². The molecule has 6 rings (SSSR count). The van der Waals surface area contributed by atoms with Gasteiger partial charge in [0.1, 0.15) is 0 Å². The number of aromatic nitrogens is 4. The average molecular weight is 435 g/mol. The van der Waals surface area contributed by atoms with Gasteiger partial charge in [-0.2, -0.15) is 0 Å². The molecule has 0 aliphatic carbocycles. The second kappa shape index (κ2) is 7.46. The highest BCUT2D eigenvalue weighted by atomic mass is 32.1. The van der Waals surface area contributed by atoms with E-state index in [0.717, 1.165) is 51.3 Å². The lowest BCUT2D eigenvalue weighted by Crippen LogP contribution is -1.83. The molecule has 0 unspecified atom stereocenters. The maximum Gasteiger partial charge on any atom is 0.0659 e. The number of hydrogen-bond donors (Lipinski definition) is 2. The molecule has 4 aromatic heterocycles. The predicted octanol–water partition coefficient (Wildman–Crippen LogP) is 7.25. The van der Waals surface area contributed by atoms with Gasteiger partial charge < -0.3 is 9.97 Å². The summed E-state index contributed by atoms with van der Waals surface area (Å²) in [5.74, 6) is 0. The highest BCUT2D eigenvalue weighted by Crippen LogP contribution is 2.36. The zero-order chi connectivity index (χ0) is 21.7. The first-order valence-corrected chi connectivity index (χ1v) is 11.7. The molecule has 0 radical (unpaired) electrons. The molecule has 6 heterocycles. The Balaban J connectivity index is 1.69. The molecule has 2 aliphatic heterocycles. The van der Waals surface area contributed by atoms with Gasteiger partial charge in [-0.3, -0.25) is 0 Å². The largest absolute Gasteiger partial charge is 0.355 e. The third kappa shape index (κ3) is 3.41. The van der Waals surface area contributed by atoms with E-state index >= 15 is 0 Å². The Morgan fingerprint density at radius 2 is 1.41 bits per heavy atom. The lowest BCUT2D eigenvalue weighted by Gasteiger charge is -2.02. The number of thiophene rings is 1. The number of fused-ring (bicyclic) bond motifs is 8. The Kier molecular flexibility index (Phi) is 4.44. The van der Waals surface area contributed by atoms with Gasteiger partial charge in [0.15, 0.2) is 0 Å². The van der Waals surface area contributed by atoms with E-state index in [9.17, 15) is 0 Å². The highest BCUT2D eigenvalue weighted by molar-refractivity contribution is 7.10. The maximum absolute atomic E-state index is 4.81. The van der Waals surface area contributed by atoms with E-state index in [1.54, 1.807) is 0 Å². The average Bonchev–Trinajstić information content (AvgIpc) is 3.58. The van der Waals surface area contributed by atoms with Gasteiger partial charge in [0.25, 0.3) is 0 Å². The van der Waals surface area contributed by atoms with E-state index in [-0.39, 0.29) is 0 Å². The topological polar surface area (TPSA) is 57.4 Å². The molecule has 8 bridgehead atoms. The third-order valence-electron chi connectivity index (χ3n) is 5.81. The number of nitrogens with one attached hydrogen (secondary N) is 2. The van der Waals surface area contributed by atoms with Crippen LogP contribution in [0.4, 0.5) is 0 Å². The monoisotopic (exact) mass is 434 g/mol. The zero-order valence-electron chi connectivity index (χ0n) is 17.9. The fourth-order valence-electron chi connectivity index (χ4n) is 4.35. The fraction of sp³-hybridized carbons (Fsp3) is 0.111. The normalized spacial score (nSPS) is 12.6. The van der Waals surface area contributed by atoms with Crippen molar-refractivity contribution in [1.29, 1.82) is 0 Å². The number of rotatable bonds is 2. The van der Waals surface area contributed by atoms with Gasteiger partial charge in [-0.05, 0) is 91.1 Å². The van der Waals surface area contributed by atoms with Gasteiger partial charge in [0, 0.05) is 38.1 Å². The van der Waals surface area contributed by atoms with E-state index in [2.05, 4.69) is 71.7 Å². The van der Waals surface area contributed by atoms with Crippen LogP contribution in [0.15, 0.2) is 47.8 Å². The molecule has 0 atom stereocenters. The minimum absolute atomic E-state index is 0.913. The first-order chi connectivity index (χ1) is 15.6. The summed E-state index contributed by atoms with van der Waals surface area (Å²) in [7, 11) is 0. The molecule has 0 spiro atoms. The van der Waals surface area contributed by atoms with Crippen molar-refractivity contribution in [2.24, 2.45) is 0 Å². The van der Waals surface area contributed by atoms with Crippen molar-refractivity contribution in [2.45, 2.75) is 20.3 Å². The molecular formula is C27H22N4S. The number of hydrogen-bond acceptors (Lipinski definition) is 3. The van der Waals surface area contributed by atoms with Crippen LogP contribution in [0, 0.1) is 6.92 Å². The van der Waals surface area contributed by atoms with E-state index in [4.69, 9.17) is 9.97 Å². The molecule has 0 saturated carbocycles. The predicted molar refractivity (Wildman–Crippen MR) is 136 cm³/mol. The molecule has 0 aromatic carbocycles. The maximum atomic E-state index is 4.81. The Morgan fingerprint density at radius 1 is 0.750 bits per heavy atom. The molecule has 2 N–H and O–H groups in total. The van der Waals surface area contributed by atoms with Crippen LogP contribution in [0.25, 0.3) is 57.5 Å². The van der Waals surface area contributed by atoms with Gasteiger partial charge in [-0.25, -0.2) is 9.97 Å². The summed E-state index contributed by atoms with van der Waals surface area (Å²) in [6.45, 7) is 4.42. The summed E-state index contributed by atoms with van der Waals surface area (Å²) in [6, 6.07) is 14.8. The van der Waals surface area contributed by atoms with Crippen LogP contribution >= 0.6 is 11.3 Å². The van der Waals surface area contributed by atoms with E-state index in [1.165, 1.54) is 21.6 Å². The summed E-state index contributed by atoms with van der Waals surface area (Å²) < 4.78 is 0. The van der Waals surface area contributed by atoms with Gasteiger partial charge >= 0.3 is 0 Å². The summed E-state index contributed by atoms with van der Waals surface area (Å²) in [6.07, 6.45) is 9.18. The molecule has 0 saturated heterocycles. The lowest BCUT2D eigenvalue weighted by atomic mass is 10.0. The van der Waals surface area contributed by atoms with Crippen molar-refractivity contribution in [3.05, 3.63) is 81.1 Å². The van der Waals surface area contributed by atoms with Crippen molar-refractivity contribution in [1.82, 2.24) is 19.9 Å².